The van der Waals surface area contributed by atoms with Crippen LogP contribution in [0.25, 0.3) is 0 Å². The summed E-state index contributed by atoms with van der Waals surface area (Å²) in [6, 6.07) is -1.22. The number of hydrogen-bond donors (Lipinski definition) is 3. The van der Waals surface area contributed by atoms with Crippen molar-refractivity contribution in [3.8, 4) is 0 Å². The van der Waals surface area contributed by atoms with E-state index in [1.165, 1.54) is 0 Å². The molecule has 0 aliphatic rings. The molecule has 0 aromatic rings. The molecule has 0 unspecified atom stereocenters. The number of nitrogens with one attached hydrogen (secondary N) is 1. The third-order valence-electron chi connectivity index (χ3n) is 3.09. The van der Waals surface area contributed by atoms with Gasteiger partial charge in [-0.05, 0) is 12.8 Å². The van der Waals surface area contributed by atoms with Crippen molar-refractivity contribution in [2.45, 2.75) is 70.9 Å². The smallest absolute Gasteiger partial charge is 0.326 e. The quantitative estimate of drug-likeness (QED) is 0.392. The fraction of sp³-hybridized carbons (Fsp3) is 0.786. The molecule has 0 saturated heterocycles. The first-order valence-electron chi connectivity index (χ1n) is 7.16. The second-order valence-electron chi connectivity index (χ2n) is 4.90. The number of unbranched alkanes of at least 4 members (excludes halogenated alkanes) is 3. The maximum Gasteiger partial charge on any atom is 0.326 e. The maximum atomic E-state index is 11.6. The first-order chi connectivity index (χ1) is 9.42. The van der Waals surface area contributed by atoms with Gasteiger partial charge < -0.3 is 15.5 Å². The van der Waals surface area contributed by atoms with Crippen LogP contribution in [0.15, 0.2) is 0 Å². The van der Waals surface area contributed by atoms with Gasteiger partial charge in [-0.25, -0.2) is 4.79 Å². The lowest BCUT2D eigenvalue weighted by Gasteiger charge is -2.16. The van der Waals surface area contributed by atoms with Gasteiger partial charge in [0.05, 0.1) is 6.10 Å². The summed E-state index contributed by atoms with van der Waals surface area (Å²) in [7, 11) is 0. The summed E-state index contributed by atoms with van der Waals surface area (Å²) in [5.74, 6) is -2.72. The number of aliphatic hydroxyl groups excluding tert-OH is 1. The molecule has 0 heterocycles. The standard InChI is InChI=1S/C14H25NO5/c1-3-5-6-7-8-12(17)13(18)15-11(14(19)20)9-10(16)4-2/h10-11,16H,3-9H2,1-2H3,(H,15,18)(H,19,20)/t10-,11-/m0/s1. The number of rotatable bonds is 11. The fourth-order valence-electron chi connectivity index (χ4n) is 1.72. The Morgan fingerprint density at radius 2 is 1.75 bits per heavy atom. The number of aliphatic carboxylic acids is 1. The maximum absolute atomic E-state index is 11.6. The molecular formula is C14H25NO5. The highest BCUT2D eigenvalue weighted by molar-refractivity contribution is 6.36. The number of Topliss-reactive ketones (excluding diaryl/α,β-unsaturated/α-hetero) is 1. The van der Waals surface area contributed by atoms with Gasteiger partial charge in [0.1, 0.15) is 6.04 Å². The van der Waals surface area contributed by atoms with Crippen molar-refractivity contribution in [1.82, 2.24) is 5.32 Å². The lowest BCUT2D eigenvalue weighted by molar-refractivity contribution is -0.145. The van der Waals surface area contributed by atoms with Crippen LogP contribution in [0.4, 0.5) is 0 Å². The number of carboxylic acids is 1. The predicted octanol–water partition coefficient (Wildman–Crippen LogP) is 1.26. The van der Waals surface area contributed by atoms with Crippen LogP contribution in [0.2, 0.25) is 0 Å². The van der Waals surface area contributed by atoms with Gasteiger partial charge in [0.2, 0.25) is 5.78 Å². The molecule has 6 nitrogen and oxygen atoms in total. The Morgan fingerprint density at radius 1 is 1.10 bits per heavy atom. The highest BCUT2D eigenvalue weighted by atomic mass is 16.4. The van der Waals surface area contributed by atoms with Gasteiger partial charge in [-0.1, -0.05) is 33.1 Å². The molecule has 0 aliphatic heterocycles. The van der Waals surface area contributed by atoms with Crippen molar-refractivity contribution in [1.29, 1.82) is 0 Å². The Hall–Kier alpha value is -1.43. The van der Waals surface area contributed by atoms with Crippen molar-refractivity contribution < 1.29 is 24.6 Å². The first kappa shape index (κ1) is 18.6. The van der Waals surface area contributed by atoms with Crippen LogP contribution in [0, 0.1) is 0 Å². The van der Waals surface area contributed by atoms with Crippen LogP contribution in [0.5, 0.6) is 0 Å². The van der Waals surface area contributed by atoms with Crippen molar-refractivity contribution in [2.75, 3.05) is 0 Å². The molecule has 0 fully saturated rings. The zero-order chi connectivity index (χ0) is 15.5. The van der Waals surface area contributed by atoms with Crippen molar-refractivity contribution in [3.63, 3.8) is 0 Å². The van der Waals surface area contributed by atoms with E-state index in [0.29, 0.717) is 12.8 Å². The van der Waals surface area contributed by atoms with Crippen molar-refractivity contribution in [3.05, 3.63) is 0 Å². The minimum absolute atomic E-state index is 0.0965. The number of aliphatic hydroxyl groups is 1. The Balaban J connectivity index is 4.24. The predicted molar refractivity (Wildman–Crippen MR) is 74.2 cm³/mol. The molecule has 3 N–H and O–H groups in total. The average Bonchev–Trinajstić information content (AvgIpc) is 2.41. The summed E-state index contributed by atoms with van der Waals surface area (Å²) in [5, 5.41) is 20.6. The minimum atomic E-state index is -1.25. The van der Waals surface area contributed by atoms with E-state index < -0.39 is 29.8 Å². The van der Waals surface area contributed by atoms with E-state index >= 15 is 0 Å². The van der Waals surface area contributed by atoms with Crippen LogP contribution in [-0.2, 0) is 14.4 Å². The zero-order valence-corrected chi connectivity index (χ0v) is 12.2. The van der Waals surface area contributed by atoms with E-state index in [4.69, 9.17) is 5.11 Å². The number of hydrogen-bond acceptors (Lipinski definition) is 4. The summed E-state index contributed by atoms with van der Waals surface area (Å²) < 4.78 is 0. The Bertz CT molecular complexity index is 330. The van der Waals surface area contributed by atoms with Gasteiger partial charge in [0, 0.05) is 12.8 Å². The summed E-state index contributed by atoms with van der Waals surface area (Å²) in [6.45, 7) is 3.76. The summed E-state index contributed by atoms with van der Waals surface area (Å²) in [4.78, 5) is 34.1. The SMILES string of the molecule is CCCCCCC(=O)C(=O)N[C@@H](C[C@@H](O)CC)C(=O)O. The summed E-state index contributed by atoms with van der Waals surface area (Å²) in [5.41, 5.74) is 0. The highest BCUT2D eigenvalue weighted by Crippen LogP contribution is 2.05. The Labute approximate surface area is 119 Å². The van der Waals surface area contributed by atoms with Crippen LogP contribution in [0.3, 0.4) is 0 Å². The molecule has 6 heteroatoms. The molecule has 0 rings (SSSR count). The third-order valence-corrected chi connectivity index (χ3v) is 3.09. The molecule has 0 spiro atoms. The van der Waals surface area contributed by atoms with E-state index in [0.717, 1.165) is 19.3 Å². The molecular weight excluding hydrogens is 262 g/mol. The normalized spacial score (nSPS) is 13.6. The molecule has 0 aromatic heterocycles. The van der Waals surface area contributed by atoms with Crippen LogP contribution in [0.1, 0.15) is 58.8 Å². The molecule has 0 bridgehead atoms. The van der Waals surface area contributed by atoms with Crippen LogP contribution >= 0.6 is 0 Å². The van der Waals surface area contributed by atoms with Gasteiger partial charge in [0.25, 0.3) is 5.91 Å². The van der Waals surface area contributed by atoms with Gasteiger partial charge in [-0.2, -0.15) is 0 Å². The van der Waals surface area contributed by atoms with E-state index in [1.54, 1.807) is 6.92 Å². The second kappa shape index (κ2) is 10.4. The van der Waals surface area contributed by atoms with Crippen LogP contribution < -0.4 is 5.32 Å². The zero-order valence-electron chi connectivity index (χ0n) is 12.2. The van der Waals surface area contributed by atoms with Crippen LogP contribution in [-0.4, -0.2) is 40.0 Å². The van der Waals surface area contributed by atoms with E-state index in [9.17, 15) is 19.5 Å². The average molecular weight is 287 g/mol. The monoisotopic (exact) mass is 287 g/mol. The van der Waals surface area contributed by atoms with Gasteiger partial charge >= 0.3 is 5.97 Å². The number of carboxylic acid groups (broad SMARTS) is 1. The molecule has 0 aromatic carbocycles. The second-order valence-corrected chi connectivity index (χ2v) is 4.90. The fourth-order valence-corrected chi connectivity index (χ4v) is 1.72. The highest BCUT2D eigenvalue weighted by Gasteiger charge is 2.25. The Kier molecular flexibility index (Phi) is 9.63. The number of amides is 1. The van der Waals surface area contributed by atoms with Gasteiger partial charge in [0.15, 0.2) is 0 Å². The van der Waals surface area contributed by atoms with Gasteiger partial charge in [-0.3, -0.25) is 9.59 Å². The molecule has 0 saturated carbocycles. The van der Waals surface area contributed by atoms with Crippen molar-refractivity contribution in [2.24, 2.45) is 0 Å². The van der Waals surface area contributed by atoms with Gasteiger partial charge in [-0.15, -0.1) is 0 Å². The van der Waals surface area contributed by atoms with E-state index in [1.807, 2.05) is 6.92 Å². The molecule has 0 aliphatic carbocycles. The van der Waals surface area contributed by atoms with E-state index in [2.05, 4.69) is 5.32 Å². The lowest BCUT2D eigenvalue weighted by Crippen LogP contribution is -2.45. The molecule has 0 radical (unpaired) electrons. The molecule has 116 valence electrons. The molecule has 1 amide bonds. The number of carbonyl (C=O) groups excluding carboxylic acids is 2. The van der Waals surface area contributed by atoms with E-state index in [-0.39, 0.29) is 12.8 Å². The first-order valence-corrected chi connectivity index (χ1v) is 7.16. The minimum Gasteiger partial charge on any atom is -0.480 e. The summed E-state index contributed by atoms with van der Waals surface area (Å²) >= 11 is 0. The number of ketones is 1. The topological polar surface area (TPSA) is 104 Å². The Morgan fingerprint density at radius 3 is 2.25 bits per heavy atom. The molecule has 20 heavy (non-hydrogen) atoms. The summed E-state index contributed by atoms with van der Waals surface area (Å²) in [6.07, 6.45) is 3.18. The molecule has 2 atom stereocenters. The lowest BCUT2D eigenvalue weighted by atomic mass is 10.1. The van der Waals surface area contributed by atoms with Crippen molar-refractivity contribution >= 4 is 17.7 Å². The third kappa shape index (κ3) is 7.89. The number of carbonyl (C=O) groups is 3. The largest absolute Gasteiger partial charge is 0.480 e.